The highest BCUT2D eigenvalue weighted by molar-refractivity contribution is 5.90. The van der Waals surface area contributed by atoms with E-state index in [1.165, 1.54) is 24.3 Å². The number of anilines is 2. The highest BCUT2D eigenvalue weighted by atomic mass is 19.4. The van der Waals surface area contributed by atoms with Crippen LogP contribution in [0.3, 0.4) is 0 Å². The van der Waals surface area contributed by atoms with Gasteiger partial charge >= 0.3 is 6.18 Å². The lowest BCUT2D eigenvalue weighted by atomic mass is 10.1. The van der Waals surface area contributed by atoms with Crippen molar-refractivity contribution in [2.75, 3.05) is 10.6 Å². The van der Waals surface area contributed by atoms with Crippen molar-refractivity contribution in [3.05, 3.63) is 59.4 Å². The summed E-state index contributed by atoms with van der Waals surface area (Å²) in [6.07, 6.45) is -3.39. The van der Waals surface area contributed by atoms with Crippen molar-refractivity contribution >= 4 is 17.3 Å². The highest BCUT2D eigenvalue weighted by Crippen LogP contribution is 2.29. The molecule has 0 unspecified atom stereocenters. The molecule has 0 aliphatic rings. The fourth-order valence-corrected chi connectivity index (χ4v) is 2.19. The molecule has 134 valence electrons. The molecule has 7 heteroatoms. The normalized spacial score (nSPS) is 11.2. The van der Waals surface area contributed by atoms with Crippen LogP contribution in [0.25, 0.3) is 0 Å². The number of benzene rings is 2. The van der Waals surface area contributed by atoms with Crippen molar-refractivity contribution in [1.82, 2.24) is 0 Å². The predicted octanol–water partition coefficient (Wildman–Crippen LogP) is 5.20. The van der Waals surface area contributed by atoms with Gasteiger partial charge in [-0.25, -0.2) is 4.39 Å². The van der Waals surface area contributed by atoms with Crippen LogP contribution in [0.15, 0.2) is 42.5 Å². The number of carbonyl (C=O) groups excluding carboxylic acids is 1. The van der Waals surface area contributed by atoms with Crippen LogP contribution in [0.5, 0.6) is 0 Å². The van der Waals surface area contributed by atoms with Gasteiger partial charge < -0.3 is 10.6 Å². The number of halogens is 4. The van der Waals surface area contributed by atoms with E-state index in [4.69, 9.17) is 0 Å². The molecule has 0 fully saturated rings. The monoisotopic (exact) mass is 354 g/mol. The van der Waals surface area contributed by atoms with Crippen molar-refractivity contribution in [3.63, 3.8) is 0 Å². The largest absolute Gasteiger partial charge is 0.416 e. The van der Waals surface area contributed by atoms with Crippen LogP contribution in [0.4, 0.5) is 28.9 Å². The first kappa shape index (κ1) is 18.8. The summed E-state index contributed by atoms with van der Waals surface area (Å²) in [7, 11) is 0. The van der Waals surface area contributed by atoms with Crippen LogP contribution in [-0.2, 0) is 17.5 Å². The van der Waals surface area contributed by atoms with Gasteiger partial charge in [0.05, 0.1) is 11.3 Å². The zero-order valence-corrected chi connectivity index (χ0v) is 13.6. The van der Waals surface area contributed by atoms with E-state index in [1.54, 1.807) is 6.07 Å². The van der Waals surface area contributed by atoms with Gasteiger partial charge in [-0.3, -0.25) is 4.79 Å². The number of nitrogens with one attached hydrogen (secondary N) is 2. The maximum Gasteiger partial charge on any atom is 0.416 e. The van der Waals surface area contributed by atoms with E-state index < -0.39 is 17.6 Å². The van der Waals surface area contributed by atoms with Crippen molar-refractivity contribution in [2.24, 2.45) is 0 Å². The van der Waals surface area contributed by atoms with Crippen LogP contribution in [0.1, 0.15) is 30.9 Å². The topological polar surface area (TPSA) is 41.1 Å². The van der Waals surface area contributed by atoms with Crippen molar-refractivity contribution < 1.29 is 22.4 Å². The molecule has 2 N–H and O–H groups in total. The van der Waals surface area contributed by atoms with E-state index in [1.807, 2.05) is 6.92 Å². The number of alkyl halides is 3. The molecule has 25 heavy (non-hydrogen) atoms. The Morgan fingerprint density at radius 3 is 2.32 bits per heavy atom. The van der Waals surface area contributed by atoms with Gasteiger partial charge in [0.1, 0.15) is 5.82 Å². The van der Waals surface area contributed by atoms with Crippen LogP contribution in [0.2, 0.25) is 0 Å². The molecule has 0 radical (unpaired) electrons. The van der Waals surface area contributed by atoms with E-state index in [0.29, 0.717) is 24.1 Å². The summed E-state index contributed by atoms with van der Waals surface area (Å²) in [6.45, 7) is 2.09. The first-order valence-corrected chi connectivity index (χ1v) is 7.79. The SMILES string of the molecule is CCCC(=O)Nc1ccc(CNc2ccc(C(F)(F)F)cc2)cc1F. The Hall–Kier alpha value is -2.57. The summed E-state index contributed by atoms with van der Waals surface area (Å²) < 4.78 is 51.5. The van der Waals surface area contributed by atoms with Gasteiger partial charge in [-0.05, 0) is 48.4 Å². The molecule has 1 amide bonds. The van der Waals surface area contributed by atoms with Gasteiger partial charge in [0.25, 0.3) is 0 Å². The molecule has 0 heterocycles. The molecule has 0 saturated carbocycles. The molecule has 0 atom stereocenters. The molecule has 0 aliphatic heterocycles. The summed E-state index contributed by atoms with van der Waals surface area (Å²) in [5.41, 5.74) is 0.479. The first-order valence-electron chi connectivity index (χ1n) is 7.79. The minimum Gasteiger partial charge on any atom is -0.381 e. The van der Waals surface area contributed by atoms with Crippen LogP contribution in [-0.4, -0.2) is 5.91 Å². The molecule has 3 nitrogen and oxygen atoms in total. The van der Waals surface area contributed by atoms with Crippen LogP contribution in [0, 0.1) is 5.82 Å². The maximum absolute atomic E-state index is 14.0. The van der Waals surface area contributed by atoms with Crippen molar-refractivity contribution in [3.8, 4) is 0 Å². The lowest BCUT2D eigenvalue weighted by Crippen LogP contribution is -2.12. The molecule has 0 spiro atoms. The highest BCUT2D eigenvalue weighted by Gasteiger charge is 2.29. The predicted molar refractivity (Wildman–Crippen MR) is 88.7 cm³/mol. The number of hydrogen-bond donors (Lipinski definition) is 2. The first-order chi connectivity index (χ1) is 11.8. The maximum atomic E-state index is 14.0. The van der Waals surface area contributed by atoms with Gasteiger partial charge in [0.15, 0.2) is 0 Å². The molecule has 0 aliphatic carbocycles. The smallest absolute Gasteiger partial charge is 0.381 e. The second-order valence-corrected chi connectivity index (χ2v) is 5.54. The fourth-order valence-electron chi connectivity index (χ4n) is 2.19. The van der Waals surface area contributed by atoms with Crippen LogP contribution >= 0.6 is 0 Å². The zero-order valence-electron chi connectivity index (χ0n) is 13.6. The Balaban J connectivity index is 1.97. The average molecular weight is 354 g/mol. The summed E-state index contributed by atoms with van der Waals surface area (Å²) >= 11 is 0. The van der Waals surface area contributed by atoms with E-state index >= 15 is 0 Å². The summed E-state index contributed by atoms with van der Waals surface area (Å²) in [5, 5.41) is 5.42. The van der Waals surface area contributed by atoms with Crippen LogP contribution < -0.4 is 10.6 Å². The molecular weight excluding hydrogens is 336 g/mol. The molecule has 0 bridgehead atoms. The summed E-state index contributed by atoms with van der Waals surface area (Å²) in [5.74, 6) is -0.812. The third-order valence-electron chi connectivity index (χ3n) is 3.49. The minimum atomic E-state index is -4.38. The molecular formula is C18H18F4N2O. The molecule has 2 aromatic carbocycles. The second kappa shape index (κ2) is 8.00. The quantitative estimate of drug-likeness (QED) is 0.701. The number of hydrogen-bond acceptors (Lipinski definition) is 2. The number of rotatable bonds is 6. The van der Waals surface area contributed by atoms with Gasteiger partial charge in [-0.15, -0.1) is 0 Å². The standard InChI is InChI=1S/C18H18F4N2O/c1-2-3-17(25)24-16-9-4-12(10-15(16)19)11-23-14-7-5-13(6-8-14)18(20,21)22/h4-10,23H,2-3,11H2,1H3,(H,24,25). The molecule has 0 saturated heterocycles. The fraction of sp³-hybridized carbons (Fsp3) is 0.278. The number of amides is 1. The van der Waals surface area contributed by atoms with E-state index in [9.17, 15) is 22.4 Å². The zero-order chi connectivity index (χ0) is 18.4. The molecule has 2 aromatic rings. The van der Waals surface area contributed by atoms with E-state index in [0.717, 1.165) is 12.1 Å². The summed E-state index contributed by atoms with van der Waals surface area (Å²) in [6, 6.07) is 8.98. The second-order valence-electron chi connectivity index (χ2n) is 5.54. The van der Waals surface area contributed by atoms with Gasteiger partial charge in [0, 0.05) is 18.7 Å². The molecule has 0 aromatic heterocycles. The average Bonchev–Trinajstić information content (AvgIpc) is 2.55. The third kappa shape index (κ3) is 5.48. The summed E-state index contributed by atoms with van der Waals surface area (Å²) in [4.78, 5) is 11.5. The van der Waals surface area contributed by atoms with Gasteiger partial charge in [-0.2, -0.15) is 13.2 Å². The Labute approximate surface area is 143 Å². The number of carbonyl (C=O) groups is 1. The molecule has 2 rings (SSSR count). The Bertz CT molecular complexity index is 727. The van der Waals surface area contributed by atoms with Gasteiger partial charge in [-0.1, -0.05) is 13.0 Å². The Morgan fingerprint density at radius 1 is 1.08 bits per heavy atom. The van der Waals surface area contributed by atoms with E-state index in [-0.39, 0.29) is 18.1 Å². The van der Waals surface area contributed by atoms with Crippen molar-refractivity contribution in [1.29, 1.82) is 0 Å². The lowest BCUT2D eigenvalue weighted by Gasteiger charge is -2.11. The van der Waals surface area contributed by atoms with Gasteiger partial charge in [0.2, 0.25) is 5.91 Å². The van der Waals surface area contributed by atoms with E-state index in [2.05, 4.69) is 10.6 Å². The third-order valence-corrected chi connectivity index (χ3v) is 3.49. The van der Waals surface area contributed by atoms with Crippen molar-refractivity contribution in [2.45, 2.75) is 32.5 Å². The minimum absolute atomic E-state index is 0.108. The Kier molecular flexibility index (Phi) is 6.01. The lowest BCUT2D eigenvalue weighted by molar-refractivity contribution is -0.137. The Morgan fingerprint density at radius 2 is 1.76 bits per heavy atom.